The second-order valence-electron chi connectivity index (χ2n) is 6.51. The van der Waals surface area contributed by atoms with Crippen LogP contribution in [-0.2, 0) is 22.7 Å². The van der Waals surface area contributed by atoms with Gasteiger partial charge in [-0.2, -0.15) is 0 Å². The smallest absolute Gasteiger partial charge is 0.289 e. The van der Waals surface area contributed by atoms with E-state index in [9.17, 15) is 9.59 Å². The number of rotatable bonds is 6. The molecule has 6 nitrogen and oxygen atoms in total. The molecule has 6 heteroatoms. The molecular weight excluding hydrogens is 332 g/mol. The molecule has 0 bridgehead atoms. The Hall–Kier alpha value is -2.60. The molecule has 0 radical (unpaired) electrons. The molecule has 1 fully saturated rings. The summed E-state index contributed by atoms with van der Waals surface area (Å²) in [5.41, 5.74) is 2.17. The van der Waals surface area contributed by atoms with Crippen LogP contribution in [0.5, 0.6) is 0 Å². The minimum Gasteiger partial charge on any atom is -0.459 e. The topological polar surface area (TPSA) is 71.8 Å². The van der Waals surface area contributed by atoms with Gasteiger partial charge in [0, 0.05) is 32.7 Å². The molecule has 0 spiro atoms. The van der Waals surface area contributed by atoms with Crippen molar-refractivity contribution in [1.82, 2.24) is 10.2 Å². The summed E-state index contributed by atoms with van der Waals surface area (Å²) in [6.45, 7) is 2.24. The zero-order chi connectivity index (χ0) is 18.4. The van der Waals surface area contributed by atoms with Crippen LogP contribution in [0.2, 0.25) is 0 Å². The molecule has 3 rings (SSSR count). The molecule has 2 heterocycles. The summed E-state index contributed by atoms with van der Waals surface area (Å²) >= 11 is 0. The lowest BCUT2D eigenvalue weighted by Crippen LogP contribution is -2.42. The van der Waals surface area contributed by atoms with Crippen molar-refractivity contribution < 1.29 is 18.7 Å². The van der Waals surface area contributed by atoms with E-state index in [1.165, 1.54) is 6.26 Å². The maximum atomic E-state index is 12.4. The molecule has 0 unspecified atom stereocenters. The number of amides is 2. The van der Waals surface area contributed by atoms with Gasteiger partial charge in [-0.05, 0) is 36.1 Å². The van der Waals surface area contributed by atoms with Crippen LogP contribution in [0.15, 0.2) is 47.1 Å². The first kappa shape index (κ1) is 18.2. The van der Waals surface area contributed by atoms with Crippen LogP contribution in [0.4, 0.5) is 0 Å². The maximum absolute atomic E-state index is 12.4. The van der Waals surface area contributed by atoms with Gasteiger partial charge in [0.1, 0.15) is 0 Å². The van der Waals surface area contributed by atoms with Gasteiger partial charge in [-0.3, -0.25) is 9.59 Å². The van der Waals surface area contributed by atoms with Crippen LogP contribution in [0.1, 0.15) is 34.5 Å². The van der Waals surface area contributed by atoms with E-state index in [-0.39, 0.29) is 17.7 Å². The van der Waals surface area contributed by atoms with Crippen LogP contribution < -0.4 is 5.32 Å². The Morgan fingerprint density at radius 1 is 1.15 bits per heavy atom. The fraction of sp³-hybridized carbons (Fsp3) is 0.400. The minimum atomic E-state index is -0.106. The Balaban J connectivity index is 1.44. The molecule has 26 heavy (non-hydrogen) atoms. The van der Waals surface area contributed by atoms with Crippen molar-refractivity contribution in [3.05, 3.63) is 59.5 Å². The van der Waals surface area contributed by atoms with Crippen LogP contribution in [-0.4, -0.2) is 36.9 Å². The van der Waals surface area contributed by atoms with Crippen LogP contribution in [0.3, 0.4) is 0 Å². The van der Waals surface area contributed by atoms with Crippen molar-refractivity contribution in [2.45, 2.75) is 26.0 Å². The van der Waals surface area contributed by atoms with E-state index in [2.05, 4.69) is 5.32 Å². The molecule has 1 aliphatic heterocycles. The SMILES string of the molecule is COCc1ccc(CNC(=O)C2CCN(C(=O)c3ccco3)CC2)cc1. The molecular formula is C20H24N2O4. The largest absolute Gasteiger partial charge is 0.459 e. The summed E-state index contributed by atoms with van der Waals surface area (Å²) in [7, 11) is 1.67. The lowest BCUT2D eigenvalue weighted by Gasteiger charge is -2.30. The number of methoxy groups -OCH3 is 1. The lowest BCUT2D eigenvalue weighted by molar-refractivity contribution is -0.126. The Labute approximate surface area is 153 Å². The first-order valence-electron chi connectivity index (χ1n) is 8.84. The summed E-state index contributed by atoms with van der Waals surface area (Å²) in [5, 5.41) is 3.00. The molecule has 0 saturated carbocycles. The Morgan fingerprint density at radius 3 is 2.46 bits per heavy atom. The molecule has 1 saturated heterocycles. The normalized spacial score (nSPS) is 15.0. The standard InChI is InChI=1S/C20H24N2O4/c1-25-14-16-6-4-15(5-7-16)13-21-19(23)17-8-10-22(11-9-17)20(24)18-3-2-12-26-18/h2-7,12,17H,8-11,13-14H2,1H3,(H,21,23). The number of hydrogen-bond donors (Lipinski definition) is 1. The number of hydrogen-bond acceptors (Lipinski definition) is 4. The number of likely N-dealkylation sites (tertiary alicyclic amines) is 1. The van der Waals surface area contributed by atoms with Gasteiger partial charge in [-0.15, -0.1) is 0 Å². The number of carbonyl (C=O) groups is 2. The van der Waals surface area contributed by atoms with Crippen molar-refractivity contribution >= 4 is 11.8 Å². The number of carbonyl (C=O) groups excluding carboxylic acids is 2. The van der Waals surface area contributed by atoms with Crippen molar-refractivity contribution in [2.75, 3.05) is 20.2 Å². The summed E-state index contributed by atoms with van der Waals surface area (Å²) in [4.78, 5) is 26.4. The summed E-state index contributed by atoms with van der Waals surface area (Å²) in [6, 6.07) is 11.4. The number of ether oxygens (including phenoxy) is 1. The maximum Gasteiger partial charge on any atom is 0.289 e. The number of benzene rings is 1. The monoisotopic (exact) mass is 356 g/mol. The molecule has 1 aromatic heterocycles. The van der Waals surface area contributed by atoms with E-state index in [4.69, 9.17) is 9.15 Å². The van der Waals surface area contributed by atoms with E-state index in [0.29, 0.717) is 44.8 Å². The predicted molar refractivity (Wildman–Crippen MR) is 96.3 cm³/mol. The van der Waals surface area contributed by atoms with Crippen molar-refractivity contribution in [3.8, 4) is 0 Å². The predicted octanol–water partition coefficient (Wildman–Crippen LogP) is 2.59. The first-order chi connectivity index (χ1) is 12.7. The average Bonchev–Trinajstić information content (AvgIpc) is 3.22. The first-order valence-corrected chi connectivity index (χ1v) is 8.84. The van der Waals surface area contributed by atoms with E-state index in [0.717, 1.165) is 11.1 Å². The third-order valence-corrected chi connectivity index (χ3v) is 4.69. The molecule has 0 aliphatic carbocycles. The number of nitrogens with zero attached hydrogens (tertiary/aromatic N) is 1. The van der Waals surface area contributed by atoms with Crippen molar-refractivity contribution in [1.29, 1.82) is 0 Å². The van der Waals surface area contributed by atoms with Gasteiger partial charge in [-0.1, -0.05) is 24.3 Å². The minimum absolute atomic E-state index is 0.0519. The fourth-order valence-corrected chi connectivity index (χ4v) is 3.15. The Kier molecular flexibility index (Phi) is 6.07. The van der Waals surface area contributed by atoms with Crippen LogP contribution >= 0.6 is 0 Å². The Bertz CT molecular complexity index is 717. The average molecular weight is 356 g/mol. The van der Waals surface area contributed by atoms with Crippen molar-refractivity contribution in [3.63, 3.8) is 0 Å². The summed E-state index contributed by atoms with van der Waals surface area (Å²) in [6.07, 6.45) is 2.84. The lowest BCUT2D eigenvalue weighted by atomic mass is 9.95. The van der Waals surface area contributed by atoms with Gasteiger partial charge < -0.3 is 19.4 Å². The highest BCUT2D eigenvalue weighted by Crippen LogP contribution is 2.19. The van der Waals surface area contributed by atoms with Gasteiger partial charge in [0.25, 0.3) is 5.91 Å². The third-order valence-electron chi connectivity index (χ3n) is 4.69. The highest BCUT2D eigenvalue weighted by Gasteiger charge is 2.28. The Morgan fingerprint density at radius 2 is 1.85 bits per heavy atom. The van der Waals surface area contributed by atoms with Crippen molar-refractivity contribution in [2.24, 2.45) is 5.92 Å². The third kappa shape index (κ3) is 4.52. The van der Waals surface area contributed by atoms with Gasteiger partial charge in [-0.25, -0.2) is 0 Å². The number of piperidine rings is 1. The van der Waals surface area contributed by atoms with E-state index < -0.39 is 0 Å². The second-order valence-corrected chi connectivity index (χ2v) is 6.51. The van der Waals surface area contributed by atoms with E-state index >= 15 is 0 Å². The van der Waals surface area contributed by atoms with Gasteiger partial charge in [0.05, 0.1) is 12.9 Å². The molecule has 2 aromatic rings. The molecule has 2 amide bonds. The van der Waals surface area contributed by atoms with Crippen LogP contribution in [0, 0.1) is 5.92 Å². The summed E-state index contributed by atoms with van der Waals surface area (Å²) in [5.74, 6) is 0.245. The van der Waals surface area contributed by atoms with E-state index in [1.54, 1.807) is 24.1 Å². The molecule has 1 N–H and O–H groups in total. The van der Waals surface area contributed by atoms with Crippen LogP contribution in [0.25, 0.3) is 0 Å². The number of furan rings is 1. The highest BCUT2D eigenvalue weighted by atomic mass is 16.5. The zero-order valence-corrected chi connectivity index (χ0v) is 14.9. The second kappa shape index (κ2) is 8.67. The molecule has 138 valence electrons. The van der Waals surface area contributed by atoms with Gasteiger partial charge in [0.15, 0.2) is 5.76 Å². The van der Waals surface area contributed by atoms with Gasteiger partial charge >= 0.3 is 0 Å². The van der Waals surface area contributed by atoms with E-state index in [1.807, 2.05) is 24.3 Å². The fourth-order valence-electron chi connectivity index (χ4n) is 3.15. The quantitative estimate of drug-likeness (QED) is 0.864. The molecule has 0 atom stereocenters. The highest BCUT2D eigenvalue weighted by molar-refractivity contribution is 5.91. The molecule has 1 aromatic carbocycles. The number of nitrogens with one attached hydrogen (secondary N) is 1. The zero-order valence-electron chi connectivity index (χ0n) is 14.9. The molecule has 1 aliphatic rings. The van der Waals surface area contributed by atoms with Gasteiger partial charge in [0.2, 0.25) is 5.91 Å². The summed E-state index contributed by atoms with van der Waals surface area (Å²) < 4.78 is 10.2.